The summed E-state index contributed by atoms with van der Waals surface area (Å²) in [5, 5.41) is 11.4. The van der Waals surface area contributed by atoms with Crippen molar-refractivity contribution >= 4 is 11.6 Å². The standard InChI is InChI=1S/C19H23FN4O2/c1-11(2)17-9-18(26-23-17)19(25)21-10-16-12(3)22-24(13(16)4)15-7-5-14(20)6-8-15/h5-8,11,18H,9-10H2,1-4H3,(H,21,25). The predicted molar refractivity (Wildman–Crippen MR) is 96.6 cm³/mol. The lowest BCUT2D eigenvalue weighted by Gasteiger charge is -2.10. The second kappa shape index (κ2) is 7.27. The Balaban J connectivity index is 1.67. The number of carbonyl (C=O) groups is 1. The molecule has 2 heterocycles. The number of nitrogens with zero attached hydrogens (tertiary/aromatic N) is 3. The maximum absolute atomic E-state index is 13.1. The number of benzene rings is 1. The van der Waals surface area contributed by atoms with Crippen molar-refractivity contribution in [3.8, 4) is 5.69 Å². The van der Waals surface area contributed by atoms with Crippen LogP contribution in [-0.2, 0) is 16.2 Å². The molecule has 2 aromatic rings. The molecule has 1 N–H and O–H groups in total. The number of aromatic nitrogens is 2. The molecule has 0 aliphatic carbocycles. The average molecular weight is 358 g/mol. The van der Waals surface area contributed by atoms with Crippen molar-refractivity contribution in [1.29, 1.82) is 0 Å². The third kappa shape index (κ3) is 3.61. The fourth-order valence-corrected chi connectivity index (χ4v) is 2.93. The van der Waals surface area contributed by atoms with E-state index in [1.54, 1.807) is 16.8 Å². The summed E-state index contributed by atoms with van der Waals surface area (Å²) < 4.78 is 14.9. The number of hydrogen-bond donors (Lipinski definition) is 1. The smallest absolute Gasteiger partial charge is 0.264 e. The van der Waals surface area contributed by atoms with Crippen LogP contribution in [0, 0.1) is 25.6 Å². The Kier molecular flexibility index (Phi) is 5.06. The average Bonchev–Trinajstić information content (AvgIpc) is 3.20. The molecular weight excluding hydrogens is 335 g/mol. The van der Waals surface area contributed by atoms with Crippen LogP contribution in [0.5, 0.6) is 0 Å². The first-order valence-corrected chi connectivity index (χ1v) is 8.68. The van der Waals surface area contributed by atoms with E-state index in [9.17, 15) is 9.18 Å². The van der Waals surface area contributed by atoms with E-state index in [-0.39, 0.29) is 17.6 Å². The van der Waals surface area contributed by atoms with Gasteiger partial charge < -0.3 is 10.2 Å². The molecule has 0 saturated heterocycles. The molecule has 1 aromatic heterocycles. The van der Waals surface area contributed by atoms with Crippen molar-refractivity contribution < 1.29 is 14.0 Å². The van der Waals surface area contributed by atoms with Gasteiger partial charge in [-0.2, -0.15) is 5.10 Å². The SMILES string of the molecule is Cc1nn(-c2ccc(F)cc2)c(C)c1CNC(=O)C1CC(C(C)C)=NO1. The number of aryl methyl sites for hydroxylation is 1. The van der Waals surface area contributed by atoms with E-state index in [1.807, 2.05) is 27.7 Å². The number of hydrogen-bond acceptors (Lipinski definition) is 4. The zero-order valence-corrected chi connectivity index (χ0v) is 15.4. The van der Waals surface area contributed by atoms with Gasteiger partial charge in [-0.25, -0.2) is 9.07 Å². The van der Waals surface area contributed by atoms with Gasteiger partial charge in [-0.15, -0.1) is 0 Å². The minimum atomic E-state index is -0.569. The van der Waals surface area contributed by atoms with Crippen LogP contribution in [0.1, 0.15) is 37.2 Å². The normalized spacial score (nSPS) is 16.5. The Morgan fingerprint density at radius 3 is 2.65 bits per heavy atom. The first-order valence-electron chi connectivity index (χ1n) is 8.68. The van der Waals surface area contributed by atoms with Gasteiger partial charge >= 0.3 is 0 Å². The maximum atomic E-state index is 13.1. The van der Waals surface area contributed by atoms with E-state index in [1.165, 1.54) is 12.1 Å². The number of amides is 1. The molecule has 1 atom stereocenters. The maximum Gasteiger partial charge on any atom is 0.264 e. The molecule has 1 aliphatic rings. The molecule has 138 valence electrons. The van der Waals surface area contributed by atoms with Gasteiger partial charge in [0.05, 0.1) is 17.1 Å². The van der Waals surface area contributed by atoms with Gasteiger partial charge in [0.1, 0.15) is 5.82 Å². The Bertz CT molecular complexity index is 840. The minimum Gasteiger partial charge on any atom is -0.382 e. The van der Waals surface area contributed by atoms with E-state index >= 15 is 0 Å². The zero-order valence-electron chi connectivity index (χ0n) is 15.4. The van der Waals surface area contributed by atoms with Gasteiger partial charge in [0.15, 0.2) is 0 Å². The fourth-order valence-electron chi connectivity index (χ4n) is 2.93. The number of oxime groups is 1. The van der Waals surface area contributed by atoms with Crippen molar-refractivity contribution in [2.24, 2.45) is 11.1 Å². The van der Waals surface area contributed by atoms with Gasteiger partial charge in [-0.05, 0) is 44.0 Å². The first kappa shape index (κ1) is 18.1. The number of carbonyl (C=O) groups excluding carboxylic acids is 1. The Labute approximate surface area is 152 Å². The molecule has 6 nitrogen and oxygen atoms in total. The molecule has 1 aliphatic heterocycles. The number of rotatable bonds is 5. The van der Waals surface area contributed by atoms with Crippen molar-refractivity contribution in [2.75, 3.05) is 0 Å². The lowest BCUT2D eigenvalue weighted by molar-refractivity contribution is -0.131. The molecule has 0 spiro atoms. The quantitative estimate of drug-likeness (QED) is 0.893. The highest BCUT2D eigenvalue weighted by molar-refractivity contribution is 5.93. The summed E-state index contributed by atoms with van der Waals surface area (Å²) in [6, 6.07) is 6.15. The molecule has 0 fully saturated rings. The summed E-state index contributed by atoms with van der Waals surface area (Å²) in [6.45, 7) is 8.23. The van der Waals surface area contributed by atoms with Crippen LogP contribution in [0.15, 0.2) is 29.4 Å². The van der Waals surface area contributed by atoms with Crippen LogP contribution in [-0.4, -0.2) is 27.5 Å². The molecule has 7 heteroatoms. The van der Waals surface area contributed by atoms with Crippen LogP contribution in [0.2, 0.25) is 0 Å². The van der Waals surface area contributed by atoms with Crippen molar-refractivity contribution in [3.05, 3.63) is 47.0 Å². The van der Waals surface area contributed by atoms with E-state index in [2.05, 4.69) is 15.6 Å². The summed E-state index contributed by atoms with van der Waals surface area (Å²) in [4.78, 5) is 17.6. The van der Waals surface area contributed by atoms with Crippen molar-refractivity contribution in [2.45, 2.75) is 46.8 Å². The van der Waals surface area contributed by atoms with Crippen molar-refractivity contribution in [1.82, 2.24) is 15.1 Å². The van der Waals surface area contributed by atoms with Crippen LogP contribution < -0.4 is 5.32 Å². The summed E-state index contributed by atoms with van der Waals surface area (Å²) >= 11 is 0. The summed E-state index contributed by atoms with van der Waals surface area (Å²) in [5.41, 5.74) is 4.34. The molecule has 0 radical (unpaired) electrons. The minimum absolute atomic E-state index is 0.183. The Hall–Kier alpha value is -2.70. The second-order valence-electron chi connectivity index (χ2n) is 6.79. The van der Waals surface area contributed by atoms with Crippen LogP contribution in [0.4, 0.5) is 4.39 Å². The zero-order chi connectivity index (χ0) is 18.8. The van der Waals surface area contributed by atoms with Crippen molar-refractivity contribution in [3.63, 3.8) is 0 Å². The van der Waals surface area contributed by atoms with E-state index in [0.717, 1.165) is 28.4 Å². The summed E-state index contributed by atoms with van der Waals surface area (Å²) in [5.74, 6) is -0.203. The summed E-state index contributed by atoms with van der Waals surface area (Å²) in [7, 11) is 0. The van der Waals surface area contributed by atoms with Gasteiger partial charge in [0.25, 0.3) is 5.91 Å². The molecule has 1 aromatic carbocycles. The third-order valence-corrected chi connectivity index (χ3v) is 4.60. The van der Waals surface area contributed by atoms with Crippen LogP contribution >= 0.6 is 0 Å². The van der Waals surface area contributed by atoms with Gasteiger partial charge in [0, 0.05) is 24.2 Å². The second-order valence-corrected chi connectivity index (χ2v) is 6.79. The molecular formula is C19H23FN4O2. The largest absolute Gasteiger partial charge is 0.382 e. The van der Waals surface area contributed by atoms with Gasteiger partial charge in [0.2, 0.25) is 6.10 Å². The molecule has 3 rings (SSSR count). The third-order valence-electron chi connectivity index (χ3n) is 4.60. The number of nitrogens with one attached hydrogen (secondary N) is 1. The highest BCUT2D eigenvalue weighted by atomic mass is 19.1. The predicted octanol–water partition coefficient (Wildman–Crippen LogP) is 3.05. The Morgan fingerprint density at radius 2 is 2.04 bits per heavy atom. The highest BCUT2D eigenvalue weighted by Gasteiger charge is 2.29. The lowest BCUT2D eigenvalue weighted by atomic mass is 10.0. The topological polar surface area (TPSA) is 68.5 Å². The lowest BCUT2D eigenvalue weighted by Crippen LogP contribution is -2.34. The first-order chi connectivity index (χ1) is 12.4. The van der Waals surface area contributed by atoms with Gasteiger partial charge in [-0.3, -0.25) is 4.79 Å². The highest BCUT2D eigenvalue weighted by Crippen LogP contribution is 2.19. The van der Waals surface area contributed by atoms with Gasteiger partial charge in [-0.1, -0.05) is 19.0 Å². The molecule has 1 unspecified atom stereocenters. The fraction of sp³-hybridized carbons (Fsp3) is 0.421. The summed E-state index contributed by atoms with van der Waals surface area (Å²) in [6.07, 6.45) is -0.0452. The van der Waals surface area contributed by atoms with Crippen LogP contribution in [0.25, 0.3) is 5.69 Å². The molecule has 0 saturated carbocycles. The van der Waals surface area contributed by atoms with E-state index in [0.29, 0.717) is 13.0 Å². The molecule has 1 amide bonds. The number of halogens is 1. The molecule has 0 bridgehead atoms. The van der Waals surface area contributed by atoms with E-state index < -0.39 is 6.10 Å². The molecule has 26 heavy (non-hydrogen) atoms. The monoisotopic (exact) mass is 358 g/mol. The van der Waals surface area contributed by atoms with Crippen LogP contribution in [0.3, 0.4) is 0 Å². The van der Waals surface area contributed by atoms with E-state index in [4.69, 9.17) is 4.84 Å². The Morgan fingerprint density at radius 1 is 1.35 bits per heavy atom.